The molecule has 0 saturated carbocycles. The largest absolute Gasteiger partial charge is 0.494 e. The van der Waals surface area contributed by atoms with Crippen molar-refractivity contribution in [3.8, 4) is 5.75 Å². The first-order valence-electron chi connectivity index (χ1n) is 11.6. The summed E-state index contributed by atoms with van der Waals surface area (Å²) in [5.74, 6) is 0.433. The van der Waals surface area contributed by atoms with Crippen molar-refractivity contribution in [3.63, 3.8) is 0 Å². The lowest BCUT2D eigenvalue weighted by molar-refractivity contribution is -0.124. The van der Waals surface area contributed by atoms with Gasteiger partial charge in [-0.3, -0.25) is 9.69 Å². The van der Waals surface area contributed by atoms with E-state index in [1.165, 1.54) is 5.56 Å². The first-order chi connectivity index (χ1) is 16.6. The topological polar surface area (TPSA) is 117 Å². The molecule has 0 unspecified atom stereocenters. The van der Waals surface area contributed by atoms with E-state index in [0.29, 0.717) is 37.6 Å². The van der Waals surface area contributed by atoms with Crippen molar-refractivity contribution >= 4 is 11.9 Å². The fourth-order valence-corrected chi connectivity index (χ4v) is 3.80. The van der Waals surface area contributed by atoms with Crippen molar-refractivity contribution in [2.75, 3.05) is 39.4 Å². The summed E-state index contributed by atoms with van der Waals surface area (Å²) in [6, 6.07) is 16.6. The number of nitrogens with one attached hydrogen (secondary N) is 1. The van der Waals surface area contributed by atoms with Crippen molar-refractivity contribution < 1.29 is 19.1 Å². The van der Waals surface area contributed by atoms with Gasteiger partial charge in [0.25, 0.3) is 5.91 Å². The molecule has 1 amide bonds. The van der Waals surface area contributed by atoms with Gasteiger partial charge in [-0.2, -0.15) is 0 Å². The second-order valence-electron chi connectivity index (χ2n) is 8.27. The molecule has 0 bridgehead atoms. The molecule has 9 nitrogen and oxygen atoms in total. The number of nitrogens with zero attached hydrogens (tertiary/aromatic N) is 4. The zero-order chi connectivity index (χ0) is 24.0. The van der Waals surface area contributed by atoms with E-state index in [4.69, 9.17) is 15.0 Å². The van der Waals surface area contributed by atoms with Crippen LogP contribution >= 0.6 is 0 Å². The van der Waals surface area contributed by atoms with Crippen LogP contribution < -0.4 is 10.1 Å². The van der Waals surface area contributed by atoms with Gasteiger partial charge in [-0.15, -0.1) is 0 Å². The summed E-state index contributed by atoms with van der Waals surface area (Å²) in [5, 5.41) is 6.43. The van der Waals surface area contributed by atoms with Crippen molar-refractivity contribution in [1.29, 1.82) is 0 Å². The van der Waals surface area contributed by atoms with Crippen LogP contribution in [0.5, 0.6) is 5.75 Å². The van der Waals surface area contributed by atoms with E-state index in [1.54, 1.807) is 24.3 Å². The molecule has 0 aromatic heterocycles. The highest BCUT2D eigenvalue weighted by molar-refractivity contribution is 5.91. The highest BCUT2D eigenvalue weighted by Crippen LogP contribution is 2.21. The average Bonchev–Trinajstić information content (AvgIpc) is 2.87. The number of hydrogen-bond donors (Lipinski definition) is 1. The lowest BCUT2D eigenvalue weighted by Gasteiger charge is -2.31. The predicted octanol–water partition coefficient (Wildman–Crippen LogP) is 3.95. The van der Waals surface area contributed by atoms with Crippen molar-refractivity contribution in [3.05, 3.63) is 76.2 Å². The molecule has 0 spiro atoms. The van der Waals surface area contributed by atoms with Crippen molar-refractivity contribution in [1.82, 2.24) is 10.2 Å². The second kappa shape index (κ2) is 13.9. The Kier molecular flexibility index (Phi) is 10.2. The van der Waals surface area contributed by atoms with Crippen LogP contribution in [0.3, 0.4) is 0 Å². The Bertz CT molecular complexity index is 970. The quantitative estimate of drug-likeness (QED) is 0.167. The number of carbonyl (C=O) groups excluding carboxylic acids is 2. The Morgan fingerprint density at radius 2 is 1.91 bits per heavy atom. The number of benzene rings is 2. The third kappa shape index (κ3) is 8.77. The first kappa shape index (κ1) is 25.1. The van der Waals surface area contributed by atoms with Gasteiger partial charge in [-0.05, 0) is 73.6 Å². The van der Waals surface area contributed by atoms with Gasteiger partial charge in [-0.25, -0.2) is 4.79 Å². The molecule has 34 heavy (non-hydrogen) atoms. The number of hydrogen-bond acceptors (Lipinski definition) is 6. The zero-order valence-corrected chi connectivity index (χ0v) is 19.3. The summed E-state index contributed by atoms with van der Waals surface area (Å²) in [7, 11) is 0. The third-order valence-corrected chi connectivity index (χ3v) is 5.67. The Balaban J connectivity index is 1.29. The number of amides is 1. The van der Waals surface area contributed by atoms with Gasteiger partial charge < -0.3 is 14.8 Å². The molecule has 0 aliphatic carbocycles. The average molecular weight is 466 g/mol. The molecule has 9 heteroatoms. The van der Waals surface area contributed by atoms with Crippen LogP contribution in [-0.2, 0) is 16.1 Å². The van der Waals surface area contributed by atoms with Crippen molar-refractivity contribution in [2.24, 2.45) is 11.0 Å². The molecule has 180 valence electrons. The number of likely N-dealkylation sites (tertiary alicyclic amines) is 1. The molecule has 1 heterocycles. The van der Waals surface area contributed by atoms with Gasteiger partial charge in [0.05, 0.1) is 12.2 Å². The van der Waals surface area contributed by atoms with Gasteiger partial charge in [0.15, 0.2) is 6.61 Å². The Morgan fingerprint density at radius 3 is 2.68 bits per heavy atom. The molecule has 1 saturated heterocycles. The van der Waals surface area contributed by atoms with E-state index in [2.05, 4.69) is 26.3 Å². The maximum Gasteiger partial charge on any atom is 0.338 e. The minimum atomic E-state index is -0.517. The zero-order valence-electron chi connectivity index (χ0n) is 19.3. The molecule has 0 radical (unpaired) electrons. The van der Waals surface area contributed by atoms with E-state index >= 15 is 0 Å². The maximum atomic E-state index is 11.9. The van der Waals surface area contributed by atoms with Gasteiger partial charge >= 0.3 is 5.97 Å². The normalized spacial score (nSPS) is 14.1. The highest BCUT2D eigenvalue weighted by Gasteiger charge is 2.18. The summed E-state index contributed by atoms with van der Waals surface area (Å²) in [6.07, 6.45) is 2.74. The predicted molar refractivity (Wildman–Crippen MR) is 128 cm³/mol. The number of piperidine rings is 1. The van der Waals surface area contributed by atoms with Crippen LogP contribution in [0.2, 0.25) is 0 Å². The number of esters is 1. The molecule has 1 fully saturated rings. The van der Waals surface area contributed by atoms with Gasteiger partial charge in [0.2, 0.25) is 0 Å². The minimum absolute atomic E-state index is 0.306. The summed E-state index contributed by atoms with van der Waals surface area (Å²) in [5.41, 5.74) is 10.1. The summed E-state index contributed by atoms with van der Waals surface area (Å²) in [4.78, 5) is 29.0. The molecule has 2 aromatic rings. The van der Waals surface area contributed by atoms with Crippen LogP contribution in [-0.4, -0.2) is 56.2 Å². The molecule has 0 atom stereocenters. The monoisotopic (exact) mass is 465 g/mol. The summed E-state index contributed by atoms with van der Waals surface area (Å²) in [6.45, 7) is 4.05. The molecular weight excluding hydrogens is 434 g/mol. The maximum absolute atomic E-state index is 11.9. The highest BCUT2D eigenvalue weighted by atomic mass is 16.5. The molecule has 1 aliphatic heterocycles. The van der Waals surface area contributed by atoms with Gasteiger partial charge in [0, 0.05) is 24.5 Å². The Morgan fingerprint density at radius 1 is 1.12 bits per heavy atom. The van der Waals surface area contributed by atoms with E-state index in [1.807, 2.05) is 24.3 Å². The fraction of sp³-hybridized carbons (Fsp3) is 0.440. The first-order valence-corrected chi connectivity index (χ1v) is 11.6. The van der Waals surface area contributed by atoms with Crippen LogP contribution in [0.25, 0.3) is 10.4 Å². The molecule has 1 aliphatic rings. The summed E-state index contributed by atoms with van der Waals surface area (Å²) < 4.78 is 10.8. The van der Waals surface area contributed by atoms with Gasteiger partial charge in [-0.1, -0.05) is 35.4 Å². The molecule has 1 N–H and O–H groups in total. The van der Waals surface area contributed by atoms with Crippen molar-refractivity contribution in [2.45, 2.75) is 25.8 Å². The minimum Gasteiger partial charge on any atom is -0.494 e. The number of ether oxygens (including phenoxy) is 2. The van der Waals surface area contributed by atoms with Crippen LogP contribution in [0.1, 0.15) is 35.2 Å². The van der Waals surface area contributed by atoms with E-state index in [-0.39, 0.29) is 12.5 Å². The van der Waals surface area contributed by atoms with Crippen LogP contribution in [0.4, 0.5) is 0 Å². The number of azide groups is 1. The van der Waals surface area contributed by atoms with E-state index in [0.717, 1.165) is 38.2 Å². The van der Waals surface area contributed by atoms with Gasteiger partial charge in [0.1, 0.15) is 5.75 Å². The van der Waals surface area contributed by atoms with E-state index < -0.39 is 5.97 Å². The molecular formula is C25H31N5O4. The standard InChI is InChI=1S/C25H31N5O4/c26-29-28-17-20-10-13-30(14-11-20)18-21-6-4-9-23(16-21)33-15-5-12-27-24(31)19-34-25(32)22-7-2-1-3-8-22/h1-4,6-9,16,20H,5,10-15,17-19H2,(H,27,31). The number of rotatable bonds is 12. The van der Waals surface area contributed by atoms with E-state index in [9.17, 15) is 9.59 Å². The van der Waals surface area contributed by atoms with Crippen LogP contribution in [0, 0.1) is 5.92 Å². The second-order valence-corrected chi connectivity index (χ2v) is 8.27. The summed E-state index contributed by atoms with van der Waals surface area (Å²) >= 11 is 0. The third-order valence-electron chi connectivity index (χ3n) is 5.67. The Labute approximate surface area is 199 Å². The van der Waals surface area contributed by atoms with Crippen LogP contribution in [0.15, 0.2) is 59.7 Å². The fourth-order valence-electron chi connectivity index (χ4n) is 3.80. The SMILES string of the molecule is [N-]=[N+]=NCC1CCN(Cc2cccc(OCCCNC(=O)COC(=O)c3ccccc3)c2)CC1. The molecule has 3 rings (SSSR count). The molecule has 2 aromatic carbocycles. The smallest absolute Gasteiger partial charge is 0.338 e. The lowest BCUT2D eigenvalue weighted by Crippen LogP contribution is -2.34. The Hall–Kier alpha value is -3.55. The lowest BCUT2D eigenvalue weighted by atomic mass is 9.97. The number of carbonyl (C=O) groups is 2.